The number of hydrogen-bond donors (Lipinski definition) is 1. The molecule has 1 aromatic heterocycles. The van der Waals surface area contributed by atoms with Gasteiger partial charge in [0.2, 0.25) is 0 Å². The number of nitrogens with one attached hydrogen (secondary N) is 1. The van der Waals surface area contributed by atoms with Crippen molar-refractivity contribution in [2.45, 2.75) is 20.3 Å². The molecule has 0 aliphatic rings. The van der Waals surface area contributed by atoms with Crippen LogP contribution in [0.25, 0.3) is 10.5 Å². The zero-order valence-electron chi connectivity index (χ0n) is 19.0. The second kappa shape index (κ2) is 10.0. The van der Waals surface area contributed by atoms with Gasteiger partial charge in [-0.3, -0.25) is 4.79 Å². The Morgan fingerprint density at radius 3 is 2.59 bits per heavy atom. The van der Waals surface area contributed by atoms with Crippen LogP contribution >= 0.6 is 0 Å². The SMILES string of the molecule is [C-]#[N+]c1cccc(-n2nc(C)cc2C(=O)Nc2cc(N(CCC)c3ccccc3)ccc2F)c1. The number of rotatable bonds is 7. The summed E-state index contributed by atoms with van der Waals surface area (Å²) in [4.78, 5) is 18.7. The van der Waals surface area contributed by atoms with Crippen LogP contribution in [0.2, 0.25) is 0 Å². The first-order chi connectivity index (χ1) is 16.5. The fraction of sp³-hybridized carbons (Fsp3) is 0.148. The molecule has 4 rings (SSSR count). The lowest BCUT2D eigenvalue weighted by molar-refractivity contribution is 0.101. The maximum absolute atomic E-state index is 14.7. The number of carbonyl (C=O) groups is 1. The second-order valence-corrected chi connectivity index (χ2v) is 7.82. The van der Waals surface area contributed by atoms with Gasteiger partial charge in [0, 0.05) is 17.9 Å². The number of nitrogens with zero attached hydrogens (tertiary/aromatic N) is 4. The third-order valence-corrected chi connectivity index (χ3v) is 5.29. The van der Waals surface area contributed by atoms with Gasteiger partial charge < -0.3 is 10.2 Å². The van der Waals surface area contributed by atoms with Crippen molar-refractivity contribution >= 4 is 28.7 Å². The molecule has 0 aliphatic heterocycles. The molecule has 0 radical (unpaired) electrons. The fourth-order valence-corrected chi connectivity index (χ4v) is 3.75. The maximum atomic E-state index is 14.7. The predicted octanol–water partition coefficient (Wildman–Crippen LogP) is 6.67. The van der Waals surface area contributed by atoms with E-state index in [9.17, 15) is 9.18 Å². The van der Waals surface area contributed by atoms with Crippen LogP contribution in [0, 0.1) is 19.3 Å². The number of anilines is 3. The van der Waals surface area contributed by atoms with E-state index in [1.54, 1.807) is 49.4 Å². The van der Waals surface area contributed by atoms with Crippen molar-refractivity contribution in [1.82, 2.24) is 9.78 Å². The van der Waals surface area contributed by atoms with Crippen LogP contribution in [0.1, 0.15) is 29.5 Å². The number of hydrogen-bond acceptors (Lipinski definition) is 3. The van der Waals surface area contributed by atoms with Gasteiger partial charge in [-0.05, 0) is 61.9 Å². The molecule has 0 fully saturated rings. The number of benzene rings is 3. The van der Waals surface area contributed by atoms with Gasteiger partial charge in [0.25, 0.3) is 5.91 Å². The van der Waals surface area contributed by atoms with Gasteiger partial charge in [-0.25, -0.2) is 13.9 Å². The zero-order valence-corrected chi connectivity index (χ0v) is 19.0. The Labute approximate surface area is 198 Å². The van der Waals surface area contributed by atoms with Gasteiger partial charge in [-0.1, -0.05) is 37.3 Å². The second-order valence-electron chi connectivity index (χ2n) is 7.82. The van der Waals surface area contributed by atoms with E-state index in [2.05, 4.69) is 27.1 Å². The normalized spacial score (nSPS) is 10.5. The van der Waals surface area contributed by atoms with Gasteiger partial charge in [0.1, 0.15) is 11.5 Å². The highest BCUT2D eigenvalue weighted by molar-refractivity contribution is 6.04. The summed E-state index contributed by atoms with van der Waals surface area (Å²) in [5, 5.41) is 7.11. The van der Waals surface area contributed by atoms with Crippen molar-refractivity contribution in [3.05, 3.63) is 107 Å². The third kappa shape index (κ3) is 4.81. The van der Waals surface area contributed by atoms with E-state index in [0.29, 0.717) is 17.1 Å². The summed E-state index contributed by atoms with van der Waals surface area (Å²) in [5.41, 5.74) is 3.75. The molecule has 0 bridgehead atoms. The number of amides is 1. The van der Waals surface area contributed by atoms with Crippen molar-refractivity contribution in [3.8, 4) is 5.69 Å². The Balaban J connectivity index is 1.66. The monoisotopic (exact) mass is 453 g/mol. The predicted molar refractivity (Wildman–Crippen MR) is 133 cm³/mol. The summed E-state index contributed by atoms with van der Waals surface area (Å²) in [6, 6.07) is 23.0. The van der Waals surface area contributed by atoms with E-state index in [0.717, 1.165) is 24.3 Å². The van der Waals surface area contributed by atoms with Crippen molar-refractivity contribution in [3.63, 3.8) is 0 Å². The van der Waals surface area contributed by atoms with Crippen molar-refractivity contribution < 1.29 is 9.18 Å². The van der Waals surface area contributed by atoms with Crippen molar-refractivity contribution in [1.29, 1.82) is 0 Å². The zero-order chi connectivity index (χ0) is 24.1. The van der Waals surface area contributed by atoms with Gasteiger partial charge in [0.15, 0.2) is 5.69 Å². The molecule has 0 saturated carbocycles. The average molecular weight is 454 g/mol. The Kier molecular flexibility index (Phi) is 6.69. The van der Waals surface area contributed by atoms with Gasteiger partial charge in [-0.15, -0.1) is 0 Å². The average Bonchev–Trinajstić information content (AvgIpc) is 3.26. The highest BCUT2D eigenvalue weighted by atomic mass is 19.1. The molecule has 0 aliphatic carbocycles. The number of aromatic nitrogens is 2. The van der Waals surface area contributed by atoms with Crippen LogP contribution in [-0.2, 0) is 0 Å². The summed E-state index contributed by atoms with van der Waals surface area (Å²) >= 11 is 0. The molecule has 0 spiro atoms. The molecule has 1 N–H and O–H groups in total. The topological polar surface area (TPSA) is 54.5 Å². The summed E-state index contributed by atoms with van der Waals surface area (Å²) < 4.78 is 16.2. The quantitative estimate of drug-likeness (QED) is 0.318. The van der Waals surface area contributed by atoms with Crippen molar-refractivity contribution in [2.24, 2.45) is 0 Å². The van der Waals surface area contributed by atoms with E-state index in [4.69, 9.17) is 6.57 Å². The Bertz CT molecular complexity index is 1360. The smallest absolute Gasteiger partial charge is 0.274 e. The summed E-state index contributed by atoms with van der Waals surface area (Å²) in [6.45, 7) is 11.8. The molecule has 34 heavy (non-hydrogen) atoms. The molecule has 1 heterocycles. The molecule has 4 aromatic rings. The van der Waals surface area contributed by atoms with Crippen molar-refractivity contribution in [2.75, 3.05) is 16.8 Å². The molecule has 170 valence electrons. The van der Waals surface area contributed by atoms with Crippen LogP contribution in [0.4, 0.5) is 27.1 Å². The molecule has 0 unspecified atom stereocenters. The molecule has 0 atom stereocenters. The first-order valence-electron chi connectivity index (χ1n) is 11.0. The maximum Gasteiger partial charge on any atom is 0.274 e. The van der Waals surface area contributed by atoms with E-state index >= 15 is 0 Å². The molecule has 7 heteroatoms. The molecule has 3 aromatic carbocycles. The van der Waals surface area contributed by atoms with E-state index in [1.807, 2.05) is 30.3 Å². The molecular formula is C27H24FN5O. The molecule has 0 saturated heterocycles. The van der Waals surface area contributed by atoms with Gasteiger partial charge in [0.05, 0.1) is 23.6 Å². The lowest BCUT2D eigenvalue weighted by atomic mass is 10.2. The van der Waals surface area contributed by atoms with E-state index in [-0.39, 0.29) is 11.4 Å². The Hall–Kier alpha value is -4.44. The minimum absolute atomic E-state index is 0.0832. The molecule has 1 amide bonds. The van der Waals surface area contributed by atoms with E-state index in [1.165, 1.54) is 10.7 Å². The molecule has 6 nitrogen and oxygen atoms in total. The van der Waals surface area contributed by atoms with Crippen LogP contribution < -0.4 is 10.2 Å². The standard InChI is InChI=1S/C27H24FN5O/c1-4-15-32(21-10-6-5-7-11-21)22-13-14-24(28)25(18-22)30-27(34)26-16-19(2)31-33(26)23-12-8-9-20(17-23)29-3/h5-14,16-18H,4,15H2,1-2H3,(H,30,34). The lowest BCUT2D eigenvalue weighted by Gasteiger charge is -2.25. The fourth-order valence-electron chi connectivity index (χ4n) is 3.75. The van der Waals surface area contributed by atoms with Crippen LogP contribution in [0.3, 0.4) is 0 Å². The third-order valence-electron chi connectivity index (χ3n) is 5.29. The minimum Gasteiger partial charge on any atom is -0.341 e. The number of aryl methyl sites for hydroxylation is 1. The Morgan fingerprint density at radius 1 is 1.06 bits per heavy atom. The summed E-state index contributed by atoms with van der Waals surface area (Å²) in [5.74, 6) is -1.02. The first-order valence-corrected chi connectivity index (χ1v) is 11.0. The van der Waals surface area contributed by atoms with E-state index < -0.39 is 11.7 Å². The van der Waals surface area contributed by atoms with Crippen LogP contribution in [0.5, 0.6) is 0 Å². The Morgan fingerprint density at radius 2 is 1.85 bits per heavy atom. The van der Waals surface area contributed by atoms with Gasteiger partial charge in [-0.2, -0.15) is 5.10 Å². The first kappa shape index (κ1) is 22.7. The lowest BCUT2D eigenvalue weighted by Crippen LogP contribution is -2.20. The van der Waals surface area contributed by atoms with Gasteiger partial charge >= 0.3 is 0 Å². The summed E-state index contributed by atoms with van der Waals surface area (Å²) in [6.07, 6.45) is 0.899. The van der Waals surface area contributed by atoms with Crippen LogP contribution in [-0.4, -0.2) is 22.2 Å². The molecular weight excluding hydrogens is 429 g/mol. The minimum atomic E-state index is -0.528. The summed E-state index contributed by atoms with van der Waals surface area (Å²) in [7, 11) is 0. The van der Waals surface area contributed by atoms with Crippen LogP contribution in [0.15, 0.2) is 78.9 Å². The number of halogens is 1. The number of carbonyl (C=O) groups excluding carboxylic acids is 1. The highest BCUT2D eigenvalue weighted by Crippen LogP contribution is 2.30. The number of para-hydroxylation sites is 1. The largest absolute Gasteiger partial charge is 0.341 e. The highest BCUT2D eigenvalue weighted by Gasteiger charge is 2.19.